The van der Waals surface area contributed by atoms with Gasteiger partial charge in [-0.05, 0) is 36.1 Å². The quantitative estimate of drug-likeness (QED) is 0.666. The van der Waals surface area contributed by atoms with E-state index >= 15 is 0 Å². The Labute approximate surface area is 155 Å². The molecule has 26 heavy (non-hydrogen) atoms. The van der Waals surface area contributed by atoms with Crippen molar-refractivity contribution in [2.24, 2.45) is 0 Å². The van der Waals surface area contributed by atoms with Crippen LogP contribution in [-0.4, -0.2) is 40.6 Å². The van der Waals surface area contributed by atoms with E-state index in [4.69, 9.17) is 9.26 Å². The van der Waals surface area contributed by atoms with E-state index in [2.05, 4.69) is 10.1 Å². The Kier molecular flexibility index (Phi) is 4.71. The first-order valence-electron chi connectivity index (χ1n) is 8.60. The summed E-state index contributed by atoms with van der Waals surface area (Å²) in [6.07, 6.45) is 0.392. The summed E-state index contributed by atoms with van der Waals surface area (Å²) in [5.74, 6) is 2.29. The van der Waals surface area contributed by atoms with Gasteiger partial charge in [0.1, 0.15) is 5.75 Å². The second-order valence-corrected chi connectivity index (χ2v) is 7.13. The summed E-state index contributed by atoms with van der Waals surface area (Å²) in [5.41, 5.74) is 0.986. The molecule has 1 aliphatic rings. The van der Waals surface area contributed by atoms with E-state index in [0.29, 0.717) is 37.8 Å². The number of thiophene rings is 1. The molecule has 0 N–H and O–H groups in total. The number of ether oxygens (including phenoxy) is 1. The predicted octanol–water partition coefficient (Wildman–Crippen LogP) is 3.37. The number of aromatic nitrogens is 2. The van der Waals surface area contributed by atoms with E-state index in [1.165, 1.54) is 0 Å². The van der Waals surface area contributed by atoms with Crippen LogP contribution >= 0.6 is 11.3 Å². The van der Waals surface area contributed by atoms with Crippen LogP contribution in [0, 0.1) is 0 Å². The van der Waals surface area contributed by atoms with Gasteiger partial charge in [-0.1, -0.05) is 23.4 Å². The van der Waals surface area contributed by atoms with Crippen molar-refractivity contribution < 1.29 is 14.1 Å². The Balaban J connectivity index is 1.31. The molecule has 0 atom stereocenters. The molecule has 0 spiro atoms. The molecule has 1 amide bonds. The van der Waals surface area contributed by atoms with Gasteiger partial charge in [0.15, 0.2) is 0 Å². The third-order valence-electron chi connectivity index (χ3n) is 4.36. The topological polar surface area (TPSA) is 68.5 Å². The van der Waals surface area contributed by atoms with Crippen LogP contribution in [0.15, 0.2) is 46.3 Å². The SMILES string of the molecule is CCOc1ccc(CC(=O)N2CC(c3nc(-c4cccs4)no3)C2)cc1. The molecule has 0 bridgehead atoms. The maximum absolute atomic E-state index is 12.4. The highest BCUT2D eigenvalue weighted by Gasteiger charge is 2.35. The molecule has 4 rings (SSSR count). The first kappa shape index (κ1) is 16.8. The molecule has 1 aromatic carbocycles. The van der Waals surface area contributed by atoms with E-state index in [-0.39, 0.29) is 11.8 Å². The van der Waals surface area contributed by atoms with Gasteiger partial charge in [-0.2, -0.15) is 4.98 Å². The van der Waals surface area contributed by atoms with Crippen LogP contribution in [0.2, 0.25) is 0 Å². The Bertz CT molecular complexity index is 868. The van der Waals surface area contributed by atoms with E-state index < -0.39 is 0 Å². The van der Waals surface area contributed by atoms with Crippen molar-refractivity contribution in [3.05, 3.63) is 53.2 Å². The Morgan fingerprint density at radius 1 is 1.31 bits per heavy atom. The number of likely N-dealkylation sites (tertiary alicyclic amines) is 1. The fraction of sp³-hybridized carbons (Fsp3) is 0.316. The minimum absolute atomic E-state index is 0.114. The average Bonchev–Trinajstić information content (AvgIpc) is 3.27. The van der Waals surface area contributed by atoms with Crippen molar-refractivity contribution in [2.45, 2.75) is 19.3 Å². The number of hydrogen-bond donors (Lipinski definition) is 0. The molecule has 0 radical (unpaired) electrons. The third kappa shape index (κ3) is 3.48. The van der Waals surface area contributed by atoms with Gasteiger partial charge in [0.25, 0.3) is 0 Å². The Morgan fingerprint density at radius 2 is 2.12 bits per heavy atom. The molecule has 3 heterocycles. The highest BCUT2D eigenvalue weighted by atomic mass is 32.1. The summed E-state index contributed by atoms with van der Waals surface area (Å²) in [4.78, 5) is 19.7. The number of amides is 1. The van der Waals surface area contributed by atoms with Crippen molar-refractivity contribution >= 4 is 17.2 Å². The molecule has 1 fully saturated rings. The maximum Gasteiger partial charge on any atom is 0.233 e. The fourth-order valence-corrected chi connectivity index (χ4v) is 3.55. The largest absolute Gasteiger partial charge is 0.494 e. The van der Waals surface area contributed by atoms with Gasteiger partial charge >= 0.3 is 0 Å². The molecule has 6 nitrogen and oxygen atoms in total. The molecule has 1 aliphatic heterocycles. The van der Waals surface area contributed by atoms with Crippen LogP contribution in [-0.2, 0) is 11.2 Å². The second kappa shape index (κ2) is 7.29. The maximum atomic E-state index is 12.4. The lowest BCUT2D eigenvalue weighted by Crippen LogP contribution is -2.49. The molecule has 3 aromatic rings. The summed E-state index contributed by atoms with van der Waals surface area (Å²) in [6.45, 7) is 3.84. The number of hydrogen-bond acceptors (Lipinski definition) is 6. The Morgan fingerprint density at radius 3 is 2.81 bits per heavy atom. The third-order valence-corrected chi connectivity index (χ3v) is 5.22. The summed E-state index contributed by atoms with van der Waals surface area (Å²) in [6, 6.07) is 11.6. The summed E-state index contributed by atoms with van der Waals surface area (Å²) < 4.78 is 10.8. The van der Waals surface area contributed by atoms with E-state index in [1.807, 2.05) is 53.6 Å². The summed E-state index contributed by atoms with van der Waals surface area (Å²) >= 11 is 1.58. The smallest absolute Gasteiger partial charge is 0.233 e. The molecule has 0 aliphatic carbocycles. The molecule has 0 saturated carbocycles. The van der Waals surface area contributed by atoms with Gasteiger partial charge in [-0.25, -0.2) is 0 Å². The van der Waals surface area contributed by atoms with Gasteiger partial charge < -0.3 is 14.2 Å². The Hall–Kier alpha value is -2.67. The minimum Gasteiger partial charge on any atom is -0.494 e. The van der Waals surface area contributed by atoms with Gasteiger partial charge in [0.2, 0.25) is 17.6 Å². The lowest BCUT2D eigenvalue weighted by Gasteiger charge is -2.37. The zero-order valence-electron chi connectivity index (χ0n) is 14.4. The van der Waals surface area contributed by atoms with Gasteiger partial charge in [-0.15, -0.1) is 11.3 Å². The van der Waals surface area contributed by atoms with Crippen LogP contribution in [0.5, 0.6) is 5.75 Å². The lowest BCUT2D eigenvalue weighted by molar-refractivity contribution is -0.135. The van der Waals surface area contributed by atoms with E-state index in [1.54, 1.807) is 11.3 Å². The zero-order chi connectivity index (χ0) is 17.9. The number of nitrogens with zero attached hydrogens (tertiary/aromatic N) is 3. The number of carbonyl (C=O) groups is 1. The molecule has 2 aromatic heterocycles. The van der Waals surface area contributed by atoms with Crippen molar-refractivity contribution in [2.75, 3.05) is 19.7 Å². The molecule has 0 unspecified atom stereocenters. The van der Waals surface area contributed by atoms with Crippen LogP contribution in [0.3, 0.4) is 0 Å². The highest BCUT2D eigenvalue weighted by molar-refractivity contribution is 7.13. The second-order valence-electron chi connectivity index (χ2n) is 6.18. The molecule has 134 valence electrons. The average molecular weight is 369 g/mol. The number of rotatable bonds is 6. The predicted molar refractivity (Wildman–Crippen MR) is 98.2 cm³/mol. The van der Waals surface area contributed by atoms with Crippen molar-refractivity contribution in [1.82, 2.24) is 15.0 Å². The summed E-state index contributed by atoms with van der Waals surface area (Å²) in [5, 5.41) is 6.01. The number of benzene rings is 1. The minimum atomic E-state index is 0.114. The lowest BCUT2D eigenvalue weighted by atomic mass is 9.99. The summed E-state index contributed by atoms with van der Waals surface area (Å²) in [7, 11) is 0. The number of carbonyl (C=O) groups excluding carboxylic acids is 1. The monoisotopic (exact) mass is 369 g/mol. The molecular weight excluding hydrogens is 350 g/mol. The van der Waals surface area contributed by atoms with Gasteiger partial charge in [-0.3, -0.25) is 4.79 Å². The van der Waals surface area contributed by atoms with Gasteiger partial charge in [0.05, 0.1) is 23.8 Å². The standard InChI is InChI=1S/C19H19N3O3S/c1-2-24-15-7-5-13(6-8-15)10-17(23)22-11-14(12-22)19-20-18(21-25-19)16-4-3-9-26-16/h3-9,14H,2,10-12H2,1H3. The molecule has 1 saturated heterocycles. The fourth-order valence-electron chi connectivity index (χ4n) is 2.90. The van der Waals surface area contributed by atoms with E-state index in [9.17, 15) is 4.79 Å². The first-order valence-corrected chi connectivity index (χ1v) is 9.48. The van der Waals surface area contributed by atoms with E-state index in [0.717, 1.165) is 16.2 Å². The van der Waals surface area contributed by atoms with Crippen molar-refractivity contribution in [3.63, 3.8) is 0 Å². The van der Waals surface area contributed by atoms with Crippen LogP contribution in [0.25, 0.3) is 10.7 Å². The van der Waals surface area contributed by atoms with Crippen molar-refractivity contribution in [1.29, 1.82) is 0 Å². The van der Waals surface area contributed by atoms with Crippen LogP contribution in [0.1, 0.15) is 24.3 Å². The molecular formula is C19H19N3O3S. The van der Waals surface area contributed by atoms with Crippen LogP contribution in [0.4, 0.5) is 0 Å². The first-order chi connectivity index (χ1) is 12.7. The van der Waals surface area contributed by atoms with Crippen molar-refractivity contribution in [3.8, 4) is 16.5 Å². The molecule has 7 heteroatoms. The van der Waals surface area contributed by atoms with Gasteiger partial charge in [0, 0.05) is 13.1 Å². The van der Waals surface area contributed by atoms with Crippen LogP contribution < -0.4 is 4.74 Å². The normalized spacial score (nSPS) is 14.3. The highest BCUT2D eigenvalue weighted by Crippen LogP contribution is 2.29. The zero-order valence-corrected chi connectivity index (χ0v) is 15.2.